The maximum absolute atomic E-state index is 6.22. The number of nitrogens with zero attached hydrogens (tertiary/aromatic N) is 3. The molecular weight excluding hydrogens is 228 g/mol. The van der Waals surface area contributed by atoms with Gasteiger partial charge in [-0.15, -0.1) is 0 Å². The van der Waals surface area contributed by atoms with Gasteiger partial charge in [-0.05, 0) is 37.5 Å². The Bertz CT molecular complexity index is 531. The standard InChI is InChI=1S/C13H18N4O/c1-4-13(14,5-2)12-16-11(17-18-12)10-8-9(3)6-7-15-10/h6-8H,4-5,14H2,1-3H3. The topological polar surface area (TPSA) is 77.8 Å². The van der Waals surface area contributed by atoms with E-state index in [-0.39, 0.29) is 0 Å². The molecule has 0 aliphatic rings. The van der Waals surface area contributed by atoms with Crippen LogP contribution in [0.5, 0.6) is 0 Å². The Labute approximate surface area is 106 Å². The lowest BCUT2D eigenvalue weighted by Gasteiger charge is -2.20. The molecule has 2 aromatic heterocycles. The number of aromatic nitrogens is 3. The lowest BCUT2D eigenvalue weighted by atomic mass is 9.94. The first-order chi connectivity index (χ1) is 8.59. The molecule has 0 fully saturated rings. The van der Waals surface area contributed by atoms with E-state index in [2.05, 4.69) is 15.1 Å². The van der Waals surface area contributed by atoms with Crippen molar-refractivity contribution in [3.05, 3.63) is 29.8 Å². The van der Waals surface area contributed by atoms with E-state index in [0.29, 0.717) is 17.4 Å². The predicted octanol–water partition coefficient (Wildman–Crippen LogP) is 2.41. The van der Waals surface area contributed by atoms with Crippen LogP contribution in [0.2, 0.25) is 0 Å². The molecule has 0 atom stereocenters. The Morgan fingerprint density at radius 3 is 2.67 bits per heavy atom. The molecule has 0 bridgehead atoms. The number of aryl methyl sites for hydroxylation is 1. The average molecular weight is 246 g/mol. The number of nitrogens with two attached hydrogens (primary N) is 1. The van der Waals surface area contributed by atoms with Crippen molar-refractivity contribution < 1.29 is 4.52 Å². The van der Waals surface area contributed by atoms with Gasteiger partial charge in [-0.1, -0.05) is 19.0 Å². The monoisotopic (exact) mass is 246 g/mol. The van der Waals surface area contributed by atoms with Gasteiger partial charge >= 0.3 is 0 Å². The zero-order chi connectivity index (χ0) is 13.2. The van der Waals surface area contributed by atoms with Crippen LogP contribution < -0.4 is 5.73 Å². The molecule has 18 heavy (non-hydrogen) atoms. The maximum atomic E-state index is 6.22. The van der Waals surface area contributed by atoms with E-state index in [1.807, 2.05) is 32.9 Å². The quantitative estimate of drug-likeness (QED) is 0.896. The van der Waals surface area contributed by atoms with Crippen LogP contribution in [0.15, 0.2) is 22.9 Å². The summed E-state index contributed by atoms with van der Waals surface area (Å²) in [6, 6.07) is 3.85. The highest BCUT2D eigenvalue weighted by Gasteiger charge is 2.30. The fourth-order valence-corrected chi connectivity index (χ4v) is 1.74. The molecule has 0 unspecified atom stereocenters. The van der Waals surface area contributed by atoms with Crippen LogP contribution in [0.3, 0.4) is 0 Å². The van der Waals surface area contributed by atoms with E-state index in [9.17, 15) is 0 Å². The van der Waals surface area contributed by atoms with E-state index < -0.39 is 5.54 Å². The summed E-state index contributed by atoms with van der Waals surface area (Å²) < 4.78 is 5.28. The Hall–Kier alpha value is -1.75. The molecule has 0 amide bonds. The minimum atomic E-state index is -0.547. The summed E-state index contributed by atoms with van der Waals surface area (Å²) >= 11 is 0. The minimum Gasteiger partial charge on any atom is -0.337 e. The molecule has 96 valence electrons. The first kappa shape index (κ1) is 12.7. The Morgan fingerprint density at radius 1 is 1.33 bits per heavy atom. The summed E-state index contributed by atoms with van der Waals surface area (Å²) in [5, 5.41) is 3.96. The third-order valence-electron chi connectivity index (χ3n) is 3.26. The van der Waals surface area contributed by atoms with Crippen molar-refractivity contribution in [3.8, 4) is 11.5 Å². The number of rotatable bonds is 4. The second kappa shape index (κ2) is 4.86. The third-order valence-corrected chi connectivity index (χ3v) is 3.26. The van der Waals surface area contributed by atoms with Gasteiger partial charge in [0.1, 0.15) is 5.69 Å². The van der Waals surface area contributed by atoms with Crippen LogP contribution in [0.25, 0.3) is 11.5 Å². The van der Waals surface area contributed by atoms with Gasteiger partial charge in [0.05, 0.1) is 5.54 Å². The summed E-state index contributed by atoms with van der Waals surface area (Å²) in [6.45, 7) is 6.02. The van der Waals surface area contributed by atoms with Crippen LogP contribution in [-0.4, -0.2) is 15.1 Å². The molecule has 0 aromatic carbocycles. The second-order valence-electron chi connectivity index (χ2n) is 4.50. The Balaban J connectivity index is 2.36. The second-order valence-corrected chi connectivity index (χ2v) is 4.50. The van der Waals surface area contributed by atoms with E-state index >= 15 is 0 Å². The van der Waals surface area contributed by atoms with Gasteiger partial charge in [-0.25, -0.2) is 0 Å². The highest BCUT2D eigenvalue weighted by molar-refractivity contribution is 5.49. The van der Waals surface area contributed by atoms with Crippen molar-refractivity contribution in [1.29, 1.82) is 0 Å². The largest absolute Gasteiger partial charge is 0.337 e. The smallest absolute Gasteiger partial charge is 0.247 e. The molecule has 2 rings (SSSR count). The summed E-state index contributed by atoms with van der Waals surface area (Å²) in [6.07, 6.45) is 3.24. The molecule has 0 aliphatic carbocycles. The first-order valence-corrected chi connectivity index (χ1v) is 6.15. The van der Waals surface area contributed by atoms with Crippen molar-refractivity contribution >= 4 is 0 Å². The SMILES string of the molecule is CCC(N)(CC)c1nc(-c2cc(C)ccn2)no1. The number of pyridine rings is 1. The van der Waals surface area contributed by atoms with Gasteiger partial charge in [0, 0.05) is 6.20 Å². The van der Waals surface area contributed by atoms with E-state index in [0.717, 1.165) is 18.4 Å². The highest BCUT2D eigenvalue weighted by Crippen LogP contribution is 2.25. The molecule has 0 radical (unpaired) electrons. The maximum Gasteiger partial charge on any atom is 0.247 e. The van der Waals surface area contributed by atoms with Crippen molar-refractivity contribution in [1.82, 2.24) is 15.1 Å². The fourth-order valence-electron chi connectivity index (χ4n) is 1.74. The molecule has 0 aliphatic heterocycles. The lowest BCUT2D eigenvalue weighted by Crippen LogP contribution is -2.35. The van der Waals surface area contributed by atoms with Crippen LogP contribution in [-0.2, 0) is 5.54 Å². The molecule has 2 aromatic rings. The summed E-state index contributed by atoms with van der Waals surface area (Å²) in [5.74, 6) is 0.969. The normalized spacial score (nSPS) is 11.8. The third kappa shape index (κ3) is 2.26. The highest BCUT2D eigenvalue weighted by atomic mass is 16.5. The summed E-state index contributed by atoms with van der Waals surface area (Å²) in [7, 11) is 0. The van der Waals surface area contributed by atoms with Gasteiger partial charge in [0.15, 0.2) is 0 Å². The van der Waals surface area contributed by atoms with Crippen molar-refractivity contribution in [2.75, 3.05) is 0 Å². The molecule has 5 nitrogen and oxygen atoms in total. The molecule has 0 spiro atoms. The van der Waals surface area contributed by atoms with Crippen LogP contribution in [0.4, 0.5) is 0 Å². The van der Waals surface area contributed by atoms with Crippen LogP contribution in [0, 0.1) is 6.92 Å². The molecule has 2 N–H and O–H groups in total. The van der Waals surface area contributed by atoms with E-state index in [1.54, 1.807) is 6.20 Å². The number of hydrogen-bond acceptors (Lipinski definition) is 5. The number of hydrogen-bond donors (Lipinski definition) is 1. The van der Waals surface area contributed by atoms with Crippen LogP contribution >= 0.6 is 0 Å². The molecule has 5 heteroatoms. The zero-order valence-corrected chi connectivity index (χ0v) is 11.0. The molecular formula is C13H18N4O. The molecule has 0 saturated carbocycles. The fraction of sp³-hybridized carbons (Fsp3) is 0.462. The van der Waals surface area contributed by atoms with E-state index in [4.69, 9.17) is 10.3 Å². The van der Waals surface area contributed by atoms with Crippen molar-refractivity contribution in [2.24, 2.45) is 5.73 Å². The first-order valence-electron chi connectivity index (χ1n) is 6.15. The van der Waals surface area contributed by atoms with E-state index in [1.165, 1.54) is 0 Å². The Kier molecular flexibility index (Phi) is 3.43. The van der Waals surface area contributed by atoms with Gasteiger partial charge in [-0.3, -0.25) is 4.98 Å². The van der Waals surface area contributed by atoms with Gasteiger partial charge in [-0.2, -0.15) is 4.98 Å². The summed E-state index contributed by atoms with van der Waals surface area (Å²) in [5.41, 5.74) is 7.49. The van der Waals surface area contributed by atoms with Gasteiger partial charge in [0.25, 0.3) is 0 Å². The predicted molar refractivity (Wildman–Crippen MR) is 68.7 cm³/mol. The van der Waals surface area contributed by atoms with Crippen molar-refractivity contribution in [3.63, 3.8) is 0 Å². The van der Waals surface area contributed by atoms with Gasteiger partial charge in [0.2, 0.25) is 11.7 Å². The van der Waals surface area contributed by atoms with Crippen LogP contribution in [0.1, 0.15) is 38.1 Å². The average Bonchev–Trinajstić information content (AvgIpc) is 2.88. The zero-order valence-electron chi connectivity index (χ0n) is 11.0. The minimum absolute atomic E-state index is 0.478. The lowest BCUT2D eigenvalue weighted by molar-refractivity contribution is 0.268. The molecule has 0 saturated heterocycles. The molecule has 2 heterocycles. The van der Waals surface area contributed by atoms with Crippen molar-refractivity contribution in [2.45, 2.75) is 39.2 Å². The Morgan fingerprint density at radius 2 is 2.06 bits per heavy atom. The summed E-state index contributed by atoms with van der Waals surface area (Å²) in [4.78, 5) is 8.60. The van der Waals surface area contributed by atoms with Gasteiger partial charge < -0.3 is 10.3 Å².